The Balaban J connectivity index is 2.11. The summed E-state index contributed by atoms with van der Waals surface area (Å²) in [6.45, 7) is 1.88. The van der Waals surface area contributed by atoms with Crippen LogP contribution in [0.1, 0.15) is 28.0 Å². The zero-order chi connectivity index (χ0) is 15.2. The van der Waals surface area contributed by atoms with E-state index in [4.69, 9.17) is 4.74 Å². The van der Waals surface area contributed by atoms with Gasteiger partial charge < -0.3 is 15.0 Å². The van der Waals surface area contributed by atoms with Gasteiger partial charge in [-0.3, -0.25) is 4.79 Å². The second kappa shape index (κ2) is 6.93. The molecule has 0 aliphatic carbocycles. The van der Waals surface area contributed by atoms with E-state index in [9.17, 15) is 9.59 Å². The number of imidazole rings is 1. The molecule has 0 aromatic carbocycles. The zero-order valence-electron chi connectivity index (χ0n) is 11.6. The van der Waals surface area contributed by atoms with Crippen LogP contribution in [0.3, 0.4) is 0 Å². The van der Waals surface area contributed by atoms with Crippen LogP contribution in [0.2, 0.25) is 0 Å². The van der Waals surface area contributed by atoms with Crippen molar-refractivity contribution in [2.24, 2.45) is 0 Å². The summed E-state index contributed by atoms with van der Waals surface area (Å²) in [4.78, 5) is 31.2. The molecule has 2 aromatic heterocycles. The summed E-state index contributed by atoms with van der Waals surface area (Å²) in [7, 11) is 1.28. The molecule has 0 spiro atoms. The minimum atomic E-state index is -0.797. The Morgan fingerprint density at radius 3 is 2.95 bits per heavy atom. The van der Waals surface area contributed by atoms with Crippen LogP contribution in [0.4, 0.5) is 0 Å². The monoisotopic (exact) mass is 309 g/mol. The van der Waals surface area contributed by atoms with E-state index in [0.717, 1.165) is 17.2 Å². The maximum absolute atomic E-state index is 12.2. The van der Waals surface area contributed by atoms with E-state index in [2.05, 4.69) is 24.9 Å². The van der Waals surface area contributed by atoms with Gasteiger partial charge in [0.25, 0.3) is 5.91 Å². The first-order valence-electron chi connectivity index (χ1n) is 6.32. The fourth-order valence-corrected chi connectivity index (χ4v) is 2.44. The Morgan fingerprint density at radius 1 is 1.52 bits per heavy atom. The van der Waals surface area contributed by atoms with Gasteiger partial charge in [0.2, 0.25) is 0 Å². The summed E-state index contributed by atoms with van der Waals surface area (Å²) in [6.07, 6.45) is 3.97. The second-order valence-electron chi connectivity index (χ2n) is 4.23. The largest absolute Gasteiger partial charge is 0.467 e. The maximum Gasteiger partial charge on any atom is 0.328 e. The van der Waals surface area contributed by atoms with Crippen LogP contribution in [-0.4, -0.2) is 44.6 Å². The third kappa shape index (κ3) is 3.63. The summed E-state index contributed by atoms with van der Waals surface area (Å²) in [5.74, 6) is -0.898. The molecule has 1 atom stereocenters. The molecule has 0 aliphatic heterocycles. The van der Waals surface area contributed by atoms with E-state index in [1.807, 2.05) is 6.92 Å². The van der Waals surface area contributed by atoms with Crippen LogP contribution in [0, 0.1) is 0 Å². The average Bonchev–Trinajstić information content (AvgIpc) is 3.16. The number of hydrogen-bond donors (Lipinski definition) is 2. The van der Waals surface area contributed by atoms with Crippen LogP contribution in [-0.2, 0) is 22.4 Å². The number of hydrogen-bond acceptors (Lipinski definition) is 7. The summed E-state index contributed by atoms with van der Waals surface area (Å²) in [6, 6.07) is -0.797. The molecule has 0 bridgehead atoms. The molecule has 0 aliphatic rings. The second-order valence-corrected chi connectivity index (χ2v) is 4.99. The fraction of sp³-hybridized carbons (Fsp3) is 0.417. The number of methoxy groups -OCH3 is 1. The molecule has 1 amide bonds. The van der Waals surface area contributed by atoms with Crippen molar-refractivity contribution in [1.29, 1.82) is 0 Å². The van der Waals surface area contributed by atoms with Crippen molar-refractivity contribution in [3.63, 3.8) is 0 Å². The minimum Gasteiger partial charge on any atom is -0.467 e. The van der Waals surface area contributed by atoms with Gasteiger partial charge in [-0.15, -0.1) is 5.10 Å². The average molecular weight is 309 g/mol. The Labute approximate surface area is 125 Å². The Kier molecular flexibility index (Phi) is 4.99. The lowest BCUT2D eigenvalue weighted by Gasteiger charge is -2.15. The predicted octanol–water partition coefficient (Wildman–Crippen LogP) is 0.338. The van der Waals surface area contributed by atoms with E-state index < -0.39 is 12.0 Å². The van der Waals surface area contributed by atoms with Crippen LogP contribution < -0.4 is 5.32 Å². The van der Waals surface area contributed by atoms with E-state index in [0.29, 0.717) is 17.0 Å². The maximum atomic E-state index is 12.2. The van der Waals surface area contributed by atoms with Gasteiger partial charge >= 0.3 is 5.97 Å². The molecule has 9 heteroatoms. The highest BCUT2D eigenvalue weighted by atomic mass is 32.1. The third-order valence-electron chi connectivity index (χ3n) is 2.87. The van der Waals surface area contributed by atoms with Crippen molar-refractivity contribution in [3.8, 4) is 0 Å². The van der Waals surface area contributed by atoms with Gasteiger partial charge in [0.1, 0.15) is 10.9 Å². The summed E-state index contributed by atoms with van der Waals surface area (Å²) < 4.78 is 8.48. The van der Waals surface area contributed by atoms with Crippen molar-refractivity contribution >= 4 is 23.4 Å². The molecule has 0 radical (unpaired) electrons. The SMILES string of the molecule is CCc1nnsc1C(=O)N[C@@H](Cc1cnc[nH]1)C(=O)OC. The number of aromatic nitrogens is 4. The molecular formula is C12H15N5O3S. The topological polar surface area (TPSA) is 110 Å². The van der Waals surface area contributed by atoms with Gasteiger partial charge in [0.05, 0.1) is 19.1 Å². The van der Waals surface area contributed by atoms with Crippen molar-refractivity contribution in [2.45, 2.75) is 25.8 Å². The number of carbonyl (C=O) groups is 2. The zero-order valence-corrected chi connectivity index (χ0v) is 12.4. The quantitative estimate of drug-likeness (QED) is 0.744. The molecule has 21 heavy (non-hydrogen) atoms. The molecule has 2 aromatic rings. The van der Waals surface area contributed by atoms with Crippen LogP contribution >= 0.6 is 11.5 Å². The molecule has 0 unspecified atom stereocenters. The number of amides is 1. The molecule has 2 rings (SSSR count). The standard InChI is InChI=1S/C12H15N5O3S/c1-3-8-10(21-17-16-8)11(18)15-9(12(19)20-2)4-7-5-13-6-14-7/h5-6,9H,3-4H2,1-2H3,(H,13,14)(H,15,18)/t9-/m0/s1. The molecule has 8 nitrogen and oxygen atoms in total. The van der Waals surface area contributed by atoms with Crippen LogP contribution in [0.15, 0.2) is 12.5 Å². The fourth-order valence-electron chi connectivity index (χ4n) is 1.79. The molecule has 112 valence electrons. The summed E-state index contributed by atoms with van der Waals surface area (Å²) in [5, 5.41) is 6.53. The molecule has 0 saturated heterocycles. The van der Waals surface area contributed by atoms with Gasteiger partial charge in [0.15, 0.2) is 0 Å². The smallest absolute Gasteiger partial charge is 0.328 e. The van der Waals surface area contributed by atoms with Gasteiger partial charge in [-0.05, 0) is 18.0 Å². The number of aromatic amines is 1. The minimum absolute atomic E-state index is 0.270. The van der Waals surface area contributed by atoms with Crippen LogP contribution in [0.25, 0.3) is 0 Å². The molecule has 2 heterocycles. The number of esters is 1. The number of aryl methyl sites for hydroxylation is 1. The van der Waals surface area contributed by atoms with E-state index in [1.165, 1.54) is 13.4 Å². The number of rotatable bonds is 6. The first-order chi connectivity index (χ1) is 10.2. The molecule has 2 N–H and O–H groups in total. The van der Waals surface area contributed by atoms with Crippen molar-refractivity contribution in [1.82, 2.24) is 24.9 Å². The number of ether oxygens (including phenoxy) is 1. The molecule has 0 fully saturated rings. The lowest BCUT2D eigenvalue weighted by atomic mass is 10.1. The van der Waals surface area contributed by atoms with E-state index in [-0.39, 0.29) is 12.3 Å². The van der Waals surface area contributed by atoms with Gasteiger partial charge in [0, 0.05) is 18.3 Å². The third-order valence-corrected chi connectivity index (χ3v) is 3.63. The predicted molar refractivity (Wildman–Crippen MR) is 74.8 cm³/mol. The summed E-state index contributed by atoms with van der Waals surface area (Å²) >= 11 is 1.01. The van der Waals surface area contributed by atoms with Crippen molar-refractivity contribution < 1.29 is 14.3 Å². The van der Waals surface area contributed by atoms with Gasteiger partial charge in [-0.2, -0.15) is 0 Å². The molecular weight excluding hydrogens is 294 g/mol. The van der Waals surface area contributed by atoms with E-state index in [1.54, 1.807) is 6.20 Å². The van der Waals surface area contributed by atoms with Crippen LogP contribution in [0.5, 0.6) is 0 Å². The van der Waals surface area contributed by atoms with Gasteiger partial charge in [-0.1, -0.05) is 11.4 Å². The highest BCUT2D eigenvalue weighted by Gasteiger charge is 2.25. The Morgan fingerprint density at radius 2 is 2.33 bits per heavy atom. The first kappa shape index (κ1) is 15.1. The summed E-state index contributed by atoms with van der Waals surface area (Å²) in [5.41, 5.74) is 1.34. The number of nitrogens with one attached hydrogen (secondary N) is 2. The molecule has 0 saturated carbocycles. The number of H-pyrrole nitrogens is 1. The Hall–Kier alpha value is -2.29. The lowest BCUT2D eigenvalue weighted by Crippen LogP contribution is -2.43. The Bertz CT molecular complexity index is 610. The highest BCUT2D eigenvalue weighted by molar-refractivity contribution is 7.08. The lowest BCUT2D eigenvalue weighted by molar-refractivity contribution is -0.142. The van der Waals surface area contributed by atoms with Gasteiger partial charge in [-0.25, -0.2) is 9.78 Å². The first-order valence-corrected chi connectivity index (χ1v) is 7.10. The van der Waals surface area contributed by atoms with Crippen molar-refractivity contribution in [3.05, 3.63) is 28.8 Å². The number of nitrogens with zero attached hydrogens (tertiary/aromatic N) is 3. The van der Waals surface area contributed by atoms with Crippen molar-refractivity contribution in [2.75, 3.05) is 7.11 Å². The normalized spacial score (nSPS) is 11.9. The highest BCUT2D eigenvalue weighted by Crippen LogP contribution is 2.12. The van der Waals surface area contributed by atoms with E-state index >= 15 is 0 Å². The number of carbonyl (C=O) groups excluding carboxylic acids is 2.